The monoisotopic (exact) mass is 299 g/mol. The van der Waals surface area contributed by atoms with E-state index in [1.54, 1.807) is 20.4 Å². The molecule has 0 aliphatic carbocycles. The van der Waals surface area contributed by atoms with Crippen molar-refractivity contribution < 1.29 is 9.47 Å². The normalized spacial score (nSPS) is 14.4. The van der Waals surface area contributed by atoms with Gasteiger partial charge in [0.2, 0.25) is 0 Å². The SMILES string of the molecule is CCCC(OC)C(NN)c1c(OC)cnn1CCN(C)C. The summed E-state index contributed by atoms with van der Waals surface area (Å²) in [7, 11) is 7.42. The van der Waals surface area contributed by atoms with Crippen LogP contribution in [-0.2, 0) is 11.3 Å². The molecule has 0 bridgehead atoms. The average Bonchev–Trinajstić information content (AvgIpc) is 2.88. The van der Waals surface area contributed by atoms with Gasteiger partial charge in [-0.2, -0.15) is 5.10 Å². The molecule has 0 amide bonds. The van der Waals surface area contributed by atoms with E-state index in [0.717, 1.165) is 37.4 Å². The Hall–Kier alpha value is -1.15. The second-order valence-corrected chi connectivity index (χ2v) is 5.33. The first-order chi connectivity index (χ1) is 10.1. The zero-order valence-electron chi connectivity index (χ0n) is 13.8. The highest BCUT2D eigenvalue weighted by atomic mass is 16.5. The number of hydrogen-bond donors (Lipinski definition) is 2. The molecule has 2 atom stereocenters. The molecule has 122 valence electrons. The standard InChI is InChI=1S/C14H29N5O2/c1-6-7-11(20-4)13(17-15)14-12(21-5)10-16-19(14)9-8-18(2)3/h10-11,13,17H,6-9,15H2,1-5H3. The molecule has 3 N–H and O–H groups in total. The number of likely N-dealkylation sites (N-methyl/N-ethyl adjacent to an activating group) is 1. The topological polar surface area (TPSA) is 77.6 Å². The van der Waals surface area contributed by atoms with Crippen molar-refractivity contribution in [2.24, 2.45) is 5.84 Å². The number of ether oxygens (including phenoxy) is 2. The average molecular weight is 299 g/mol. The van der Waals surface area contributed by atoms with Gasteiger partial charge in [0.05, 0.1) is 32.0 Å². The van der Waals surface area contributed by atoms with Gasteiger partial charge in [-0.05, 0) is 20.5 Å². The largest absolute Gasteiger partial charge is 0.493 e. The van der Waals surface area contributed by atoms with E-state index in [1.807, 2.05) is 18.8 Å². The van der Waals surface area contributed by atoms with Crippen LogP contribution < -0.4 is 16.0 Å². The number of hydrazine groups is 1. The quantitative estimate of drug-likeness (QED) is 0.491. The van der Waals surface area contributed by atoms with Gasteiger partial charge in [0.25, 0.3) is 0 Å². The second kappa shape index (κ2) is 8.99. The summed E-state index contributed by atoms with van der Waals surface area (Å²) in [5, 5.41) is 4.42. The number of nitrogens with zero attached hydrogens (tertiary/aromatic N) is 3. The van der Waals surface area contributed by atoms with E-state index < -0.39 is 0 Å². The number of aromatic nitrogens is 2. The Bertz CT molecular complexity index is 408. The molecule has 0 spiro atoms. The predicted molar refractivity (Wildman–Crippen MR) is 83.1 cm³/mol. The van der Waals surface area contributed by atoms with E-state index in [-0.39, 0.29) is 12.1 Å². The smallest absolute Gasteiger partial charge is 0.161 e. The van der Waals surface area contributed by atoms with Crippen molar-refractivity contribution in [1.82, 2.24) is 20.1 Å². The van der Waals surface area contributed by atoms with Gasteiger partial charge in [-0.3, -0.25) is 10.5 Å². The molecule has 0 saturated carbocycles. The predicted octanol–water partition coefficient (Wildman–Crippen LogP) is 0.773. The van der Waals surface area contributed by atoms with E-state index in [1.165, 1.54) is 0 Å². The molecule has 1 aromatic rings. The van der Waals surface area contributed by atoms with Crippen LogP contribution in [0.15, 0.2) is 6.20 Å². The van der Waals surface area contributed by atoms with Gasteiger partial charge in [-0.1, -0.05) is 13.3 Å². The Labute approximate surface area is 127 Å². The molecular weight excluding hydrogens is 270 g/mol. The third-order valence-electron chi connectivity index (χ3n) is 3.55. The molecule has 1 aromatic heterocycles. The molecule has 1 rings (SSSR count). The van der Waals surface area contributed by atoms with Crippen LogP contribution in [0, 0.1) is 0 Å². The molecule has 2 unspecified atom stereocenters. The molecule has 0 radical (unpaired) electrons. The van der Waals surface area contributed by atoms with E-state index in [9.17, 15) is 0 Å². The summed E-state index contributed by atoms with van der Waals surface area (Å²) in [5.74, 6) is 6.51. The van der Waals surface area contributed by atoms with Crippen molar-refractivity contribution in [3.05, 3.63) is 11.9 Å². The first-order valence-corrected chi connectivity index (χ1v) is 7.32. The number of rotatable bonds is 10. The lowest BCUT2D eigenvalue weighted by atomic mass is 10.0. The minimum Gasteiger partial charge on any atom is -0.493 e. The van der Waals surface area contributed by atoms with Crippen LogP contribution in [0.2, 0.25) is 0 Å². The van der Waals surface area contributed by atoms with Crippen LogP contribution in [-0.4, -0.2) is 55.6 Å². The molecule has 0 aliphatic rings. The van der Waals surface area contributed by atoms with Gasteiger partial charge in [0, 0.05) is 13.7 Å². The fraction of sp³-hybridized carbons (Fsp3) is 0.786. The first kappa shape index (κ1) is 17.9. The minimum atomic E-state index is -0.158. The Morgan fingerprint density at radius 3 is 2.62 bits per heavy atom. The molecule has 7 heteroatoms. The summed E-state index contributed by atoms with van der Waals surface area (Å²) in [5.41, 5.74) is 3.80. The van der Waals surface area contributed by atoms with Crippen molar-refractivity contribution >= 4 is 0 Å². The molecule has 21 heavy (non-hydrogen) atoms. The molecular formula is C14H29N5O2. The highest BCUT2D eigenvalue weighted by molar-refractivity contribution is 5.29. The van der Waals surface area contributed by atoms with Gasteiger partial charge >= 0.3 is 0 Å². The minimum absolute atomic E-state index is 0.0243. The van der Waals surface area contributed by atoms with E-state index in [2.05, 4.69) is 22.3 Å². The van der Waals surface area contributed by atoms with Crippen molar-refractivity contribution in [2.45, 2.75) is 38.5 Å². The molecule has 1 heterocycles. The molecule has 0 fully saturated rings. The summed E-state index contributed by atoms with van der Waals surface area (Å²) < 4.78 is 13.0. The zero-order valence-corrected chi connectivity index (χ0v) is 13.8. The van der Waals surface area contributed by atoms with Gasteiger partial charge in [-0.15, -0.1) is 0 Å². The van der Waals surface area contributed by atoms with Gasteiger partial charge in [0.1, 0.15) is 5.69 Å². The fourth-order valence-electron chi connectivity index (χ4n) is 2.39. The molecule has 0 aliphatic heterocycles. The van der Waals surface area contributed by atoms with Gasteiger partial charge in [-0.25, -0.2) is 5.43 Å². The van der Waals surface area contributed by atoms with Crippen molar-refractivity contribution in [3.63, 3.8) is 0 Å². The van der Waals surface area contributed by atoms with Crippen molar-refractivity contribution in [1.29, 1.82) is 0 Å². The first-order valence-electron chi connectivity index (χ1n) is 7.32. The molecule has 0 saturated heterocycles. The third-order valence-corrected chi connectivity index (χ3v) is 3.55. The molecule has 7 nitrogen and oxygen atoms in total. The van der Waals surface area contributed by atoms with Crippen LogP contribution >= 0.6 is 0 Å². The Balaban J connectivity index is 3.06. The number of nitrogens with one attached hydrogen (secondary N) is 1. The second-order valence-electron chi connectivity index (χ2n) is 5.33. The number of hydrogen-bond acceptors (Lipinski definition) is 6. The van der Waals surface area contributed by atoms with Crippen molar-refractivity contribution in [2.75, 3.05) is 34.9 Å². The van der Waals surface area contributed by atoms with E-state index in [0.29, 0.717) is 0 Å². The van der Waals surface area contributed by atoms with Crippen LogP contribution in [0.3, 0.4) is 0 Å². The molecule has 0 aromatic carbocycles. The summed E-state index contributed by atoms with van der Waals surface area (Å²) in [4.78, 5) is 2.11. The van der Waals surface area contributed by atoms with Crippen LogP contribution in [0.25, 0.3) is 0 Å². The summed E-state index contributed by atoms with van der Waals surface area (Å²) >= 11 is 0. The Morgan fingerprint density at radius 2 is 2.14 bits per heavy atom. The van der Waals surface area contributed by atoms with Gasteiger partial charge < -0.3 is 14.4 Å². The fourth-order valence-corrected chi connectivity index (χ4v) is 2.39. The number of methoxy groups -OCH3 is 2. The maximum Gasteiger partial charge on any atom is 0.161 e. The highest BCUT2D eigenvalue weighted by Gasteiger charge is 2.28. The van der Waals surface area contributed by atoms with Crippen molar-refractivity contribution in [3.8, 4) is 5.75 Å². The lowest BCUT2D eigenvalue weighted by molar-refractivity contribution is 0.0568. The van der Waals surface area contributed by atoms with E-state index in [4.69, 9.17) is 15.3 Å². The maximum atomic E-state index is 5.78. The Morgan fingerprint density at radius 1 is 1.43 bits per heavy atom. The summed E-state index contributed by atoms with van der Waals surface area (Å²) in [6.07, 6.45) is 3.63. The third kappa shape index (κ3) is 4.67. The summed E-state index contributed by atoms with van der Waals surface area (Å²) in [6, 6.07) is -0.158. The summed E-state index contributed by atoms with van der Waals surface area (Å²) in [6.45, 7) is 3.78. The highest BCUT2D eigenvalue weighted by Crippen LogP contribution is 2.29. The zero-order chi connectivity index (χ0) is 15.8. The number of nitrogens with two attached hydrogens (primary N) is 1. The van der Waals surface area contributed by atoms with Crippen LogP contribution in [0.4, 0.5) is 0 Å². The van der Waals surface area contributed by atoms with Gasteiger partial charge in [0.15, 0.2) is 5.75 Å². The van der Waals surface area contributed by atoms with E-state index >= 15 is 0 Å². The lowest BCUT2D eigenvalue weighted by Gasteiger charge is -2.26. The maximum absolute atomic E-state index is 5.78. The van der Waals surface area contributed by atoms with Crippen LogP contribution in [0.5, 0.6) is 5.75 Å². The van der Waals surface area contributed by atoms with Crippen LogP contribution in [0.1, 0.15) is 31.5 Å². The lowest BCUT2D eigenvalue weighted by Crippen LogP contribution is -2.39. The Kier molecular flexibility index (Phi) is 7.66.